The molecule has 1 fully saturated rings. The van der Waals surface area contributed by atoms with Gasteiger partial charge in [0, 0.05) is 0 Å². The standard InChI is InChI=1S/C7H12/c1-3-7-5-4-6(7)2/h3,6H,4-5H2,1-2H3. The maximum atomic E-state index is 2.29. The molecule has 0 amide bonds. The van der Waals surface area contributed by atoms with Gasteiger partial charge in [0.05, 0.1) is 0 Å². The van der Waals surface area contributed by atoms with E-state index in [0.717, 1.165) is 5.92 Å². The van der Waals surface area contributed by atoms with Gasteiger partial charge in [-0.2, -0.15) is 0 Å². The highest BCUT2D eigenvalue weighted by molar-refractivity contribution is 5.12. The third-order valence-corrected chi connectivity index (χ3v) is 1.87. The van der Waals surface area contributed by atoms with Crippen LogP contribution in [0.5, 0.6) is 0 Å². The van der Waals surface area contributed by atoms with Crippen molar-refractivity contribution in [2.45, 2.75) is 26.7 Å². The first kappa shape index (κ1) is 4.89. The van der Waals surface area contributed by atoms with Crippen LogP contribution in [0.15, 0.2) is 11.6 Å². The van der Waals surface area contributed by atoms with Crippen molar-refractivity contribution in [3.63, 3.8) is 0 Å². The second-order valence-corrected chi connectivity index (χ2v) is 2.30. The quantitative estimate of drug-likeness (QED) is 0.406. The minimum atomic E-state index is 0.907. The lowest BCUT2D eigenvalue weighted by Crippen LogP contribution is -2.10. The van der Waals surface area contributed by atoms with E-state index in [0.29, 0.717) is 0 Å². The molecule has 0 saturated heterocycles. The summed E-state index contributed by atoms with van der Waals surface area (Å²) in [5, 5.41) is 0. The molecule has 0 heteroatoms. The molecule has 7 heavy (non-hydrogen) atoms. The number of hydrogen-bond donors (Lipinski definition) is 0. The maximum absolute atomic E-state index is 2.29. The second kappa shape index (κ2) is 1.69. The van der Waals surface area contributed by atoms with Crippen molar-refractivity contribution in [1.29, 1.82) is 0 Å². The lowest BCUT2D eigenvalue weighted by Gasteiger charge is -2.25. The summed E-state index contributed by atoms with van der Waals surface area (Å²) in [6, 6.07) is 0. The predicted octanol–water partition coefficient (Wildman–Crippen LogP) is 2.36. The number of hydrogen-bond acceptors (Lipinski definition) is 0. The van der Waals surface area contributed by atoms with E-state index in [2.05, 4.69) is 19.9 Å². The average Bonchev–Trinajstić information content (AvgIpc) is 1.65. The highest BCUT2D eigenvalue weighted by atomic mass is 14.2. The van der Waals surface area contributed by atoms with E-state index in [1.165, 1.54) is 12.8 Å². The fourth-order valence-electron chi connectivity index (χ4n) is 1.03. The van der Waals surface area contributed by atoms with E-state index >= 15 is 0 Å². The van der Waals surface area contributed by atoms with Crippen LogP contribution in [0, 0.1) is 5.92 Å². The molecule has 1 atom stereocenters. The Morgan fingerprint density at radius 1 is 1.71 bits per heavy atom. The van der Waals surface area contributed by atoms with E-state index in [-0.39, 0.29) is 0 Å². The molecule has 1 aliphatic rings. The summed E-state index contributed by atoms with van der Waals surface area (Å²) in [7, 11) is 0. The second-order valence-electron chi connectivity index (χ2n) is 2.30. The van der Waals surface area contributed by atoms with Crippen molar-refractivity contribution in [2.24, 2.45) is 5.92 Å². The predicted molar refractivity (Wildman–Crippen MR) is 32.2 cm³/mol. The molecule has 40 valence electrons. The van der Waals surface area contributed by atoms with Crippen LogP contribution in [-0.2, 0) is 0 Å². The Labute approximate surface area is 45.2 Å². The molecule has 0 aromatic heterocycles. The van der Waals surface area contributed by atoms with Gasteiger partial charge in [-0.15, -0.1) is 0 Å². The monoisotopic (exact) mass is 96.1 g/mol. The molecule has 0 nitrogen and oxygen atoms in total. The molecule has 1 unspecified atom stereocenters. The van der Waals surface area contributed by atoms with Crippen LogP contribution in [-0.4, -0.2) is 0 Å². The summed E-state index contributed by atoms with van der Waals surface area (Å²) in [4.78, 5) is 0. The first-order chi connectivity index (χ1) is 3.34. The smallest absolute Gasteiger partial charge is 0.0229 e. The number of allylic oxidation sites excluding steroid dienone is 2. The van der Waals surface area contributed by atoms with Gasteiger partial charge in [0.25, 0.3) is 0 Å². The Bertz CT molecular complexity index is 90.2. The minimum absolute atomic E-state index is 0.907. The minimum Gasteiger partial charge on any atom is -0.0882 e. The Hall–Kier alpha value is -0.260. The molecule has 1 rings (SSSR count). The van der Waals surface area contributed by atoms with Gasteiger partial charge in [0.2, 0.25) is 0 Å². The van der Waals surface area contributed by atoms with Crippen molar-refractivity contribution in [3.8, 4) is 0 Å². The molecule has 0 heterocycles. The molecule has 1 aliphatic carbocycles. The third kappa shape index (κ3) is 0.696. The van der Waals surface area contributed by atoms with Crippen LogP contribution in [0.4, 0.5) is 0 Å². The van der Waals surface area contributed by atoms with Crippen molar-refractivity contribution in [2.75, 3.05) is 0 Å². The molecule has 0 aromatic carbocycles. The average molecular weight is 96.2 g/mol. The molecule has 0 aliphatic heterocycles. The van der Waals surface area contributed by atoms with Gasteiger partial charge in [0.1, 0.15) is 0 Å². The largest absolute Gasteiger partial charge is 0.0882 e. The van der Waals surface area contributed by atoms with Crippen molar-refractivity contribution in [3.05, 3.63) is 11.6 Å². The normalized spacial score (nSPS) is 35.7. The van der Waals surface area contributed by atoms with Crippen LogP contribution in [0.3, 0.4) is 0 Å². The summed E-state index contributed by atoms with van der Waals surface area (Å²) in [5.41, 5.74) is 1.65. The first-order valence-corrected chi connectivity index (χ1v) is 2.99. The molecule has 0 N–H and O–H groups in total. The Morgan fingerprint density at radius 2 is 2.43 bits per heavy atom. The summed E-state index contributed by atoms with van der Waals surface area (Å²) >= 11 is 0. The maximum Gasteiger partial charge on any atom is -0.0229 e. The van der Waals surface area contributed by atoms with Crippen LogP contribution in [0.1, 0.15) is 26.7 Å². The Balaban J connectivity index is 2.44. The highest BCUT2D eigenvalue weighted by Gasteiger charge is 2.16. The van der Waals surface area contributed by atoms with Gasteiger partial charge in [-0.25, -0.2) is 0 Å². The van der Waals surface area contributed by atoms with Gasteiger partial charge in [-0.3, -0.25) is 0 Å². The van der Waals surface area contributed by atoms with Crippen molar-refractivity contribution >= 4 is 0 Å². The molecule has 1 saturated carbocycles. The molecule has 0 radical (unpaired) electrons. The van der Waals surface area contributed by atoms with Gasteiger partial charge >= 0.3 is 0 Å². The zero-order valence-corrected chi connectivity index (χ0v) is 5.07. The molecular weight excluding hydrogens is 84.1 g/mol. The summed E-state index contributed by atoms with van der Waals surface area (Å²) in [6.45, 7) is 4.42. The van der Waals surface area contributed by atoms with E-state index in [1.807, 2.05) is 0 Å². The first-order valence-electron chi connectivity index (χ1n) is 2.99. The topological polar surface area (TPSA) is 0 Å². The molecule has 0 spiro atoms. The highest BCUT2D eigenvalue weighted by Crippen LogP contribution is 2.31. The van der Waals surface area contributed by atoms with Crippen LogP contribution < -0.4 is 0 Å². The van der Waals surface area contributed by atoms with E-state index in [4.69, 9.17) is 0 Å². The van der Waals surface area contributed by atoms with E-state index < -0.39 is 0 Å². The van der Waals surface area contributed by atoms with Gasteiger partial charge in [-0.1, -0.05) is 18.6 Å². The van der Waals surface area contributed by atoms with Crippen LogP contribution >= 0.6 is 0 Å². The molecule has 0 aromatic rings. The third-order valence-electron chi connectivity index (χ3n) is 1.87. The SMILES string of the molecule is CC=C1CCC1C. The van der Waals surface area contributed by atoms with Crippen molar-refractivity contribution < 1.29 is 0 Å². The van der Waals surface area contributed by atoms with Crippen molar-refractivity contribution in [1.82, 2.24) is 0 Å². The Morgan fingerprint density at radius 3 is 2.43 bits per heavy atom. The summed E-state index contributed by atoms with van der Waals surface area (Å²) in [6.07, 6.45) is 5.02. The van der Waals surface area contributed by atoms with E-state index in [1.54, 1.807) is 5.57 Å². The van der Waals surface area contributed by atoms with Crippen LogP contribution in [0.2, 0.25) is 0 Å². The molecule has 0 bridgehead atoms. The van der Waals surface area contributed by atoms with E-state index in [9.17, 15) is 0 Å². The summed E-state index contributed by atoms with van der Waals surface area (Å²) < 4.78 is 0. The van der Waals surface area contributed by atoms with Crippen LogP contribution in [0.25, 0.3) is 0 Å². The lowest BCUT2D eigenvalue weighted by atomic mass is 9.81. The Kier molecular flexibility index (Phi) is 1.18. The zero-order chi connectivity index (χ0) is 5.28. The van der Waals surface area contributed by atoms with Gasteiger partial charge in [0.15, 0.2) is 0 Å². The summed E-state index contributed by atoms with van der Waals surface area (Å²) in [5.74, 6) is 0.907. The lowest BCUT2D eigenvalue weighted by molar-refractivity contribution is 0.482. The van der Waals surface area contributed by atoms with Gasteiger partial charge < -0.3 is 0 Å². The zero-order valence-electron chi connectivity index (χ0n) is 5.07. The van der Waals surface area contributed by atoms with Gasteiger partial charge in [-0.05, 0) is 25.7 Å². The fraction of sp³-hybridized carbons (Fsp3) is 0.714. The number of rotatable bonds is 0. The fourth-order valence-corrected chi connectivity index (χ4v) is 1.03. The molecular formula is C7H12.